The van der Waals surface area contributed by atoms with Gasteiger partial charge in [0.2, 0.25) is 0 Å². The molecule has 0 aliphatic rings. The van der Waals surface area contributed by atoms with E-state index < -0.39 is 11.6 Å². The highest BCUT2D eigenvalue weighted by Crippen LogP contribution is 2.19. The third-order valence-corrected chi connectivity index (χ3v) is 2.16. The van der Waals surface area contributed by atoms with Crippen LogP contribution in [0.1, 0.15) is 41.5 Å². The molecule has 0 radical (unpaired) electrons. The lowest BCUT2D eigenvalue weighted by molar-refractivity contribution is -0.0831. The monoisotopic (exact) mass is 217 g/mol. The molecule has 1 atom stereocenters. The van der Waals surface area contributed by atoms with Gasteiger partial charge in [0.1, 0.15) is 0 Å². The Balaban J connectivity index is 4.38. The molecule has 0 aliphatic carbocycles. The summed E-state index contributed by atoms with van der Waals surface area (Å²) >= 11 is 0. The number of hydrogen-bond acceptors (Lipinski definition) is 3. The molecule has 0 aromatic carbocycles. The predicted octanol–water partition coefficient (Wildman–Crippen LogP) is 2.32. The van der Waals surface area contributed by atoms with Gasteiger partial charge in [0.15, 0.2) is 0 Å². The third kappa shape index (κ3) is 5.62. The first kappa shape index (κ1) is 14.2. The van der Waals surface area contributed by atoms with Gasteiger partial charge in [-0.1, -0.05) is 0 Å². The molecule has 0 bridgehead atoms. The van der Waals surface area contributed by atoms with Crippen molar-refractivity contribution in [3.63, 3.8) is 0 Å². The number of nitrogens with one attached hydrogen (secondary N) is 1. The molecule has 0 fully saturated rings. The quantitative estimate of drug-likeness (QED) is 0.789. The van der Waals surface area contributed by atoms with E-state index in [0.29, 0.717) is 0 Å². The van der Waals surface area contributed by atoms with Crippen LogP contribution in [0.25, 0.3) is 0 Å². The zero-order valence-corrected chi connectivity index (χ0v) is 10.8. The highest BCUT2D eigenvalue weighted by molar-refractivity contribution is 5.68. The number of carbonyl (C=O) groups is 1. The minimum absolute atomic E-state index is 0.100. The van der Waals surface area contributed by atoms with E-state index in [2.05, 4.69) is 10.1 Å². The van der Waals surface area contributed by atoms with Crippen LogP contribution < -0.4 is 5.32 Å². The van der Waals surface area contributed by atoms with Crippen LogP contribution in [0.4, 0.5) is 4.79 Å². The Morgan fingerprint density at radius 2 is 1.67 bits per heavy atom. The number of ether oxygens (including phenoxy) is 2. The first-order valence-corrected chi connectivity index (χ1v) is 5.12. The van der Waals surface area contributed by atoms with Crippen molar-refractivity contribution in [1.82, 2.24) is 5.32 Å². The molecule has 0 heterocycles. The lowest BCUT2D eigenvalue weighted by atomic mass is 9.98. The molecular weight excluding hydrogens is 194 g/mol. The van der Waals surface area contributed by atoms with Gasteiger partial charge in [-0.3, -0.25) is 0 Å². The highest BCUT2D eigenvalue weighted by atomic mass is 16.5. The second kappa shape index (κ2) is 4.84. The van der Waals surface area contributed by atoms with Gasteiger partial charge in [-0.05, 0) is 41.5 Å². The van der Waals surface area contributed by atoms with Gasteiger partial charge in [0, 0.05) is 0 Å². The van der Waals surface area contributed by atoms with Crippen LogP contribution in [-0.4, -0.2) is 30.4 Å². The Kier molecular flexibility index (Phi) is 4.59. The number of methoxy groups -OCH3 is 1. The Morgan fingerprint density at radius 1 is 1.20 bits per heavy atom. The summed E-state index contributed by atoms with van der Waals surface area (Å²) in [5.74, 6) is 0. The van der Waals surface area contributed by atoms with Crippen molar-refractivity contribution in [3.8, 4) is 0 Å². The molecule has 1 N–H and O–H groups in total. The molecule has 0 saturated carbocycles. The molecular formula is C11H23NO3. The van der Waals surface area contributed by atoms with E-state index in [0.717, 1.165) is 0 Å². The van der Waals surface area contributed by atoms with Crippen LogP contribution in [-0.2, 0) is 9.47 Å². The average molecular weight is 217 g/mol. The van der Waals surface area contributed by atoms with Crippen LogP contribution in [0.3, 0.4) is 0 Å². The second-order valence-corrected chi connectivity index (χ2v) is 5.21. The van der Waals surface area contributed by atoms with Crippen molar-refractivity contribution >= 4 is 6.09 Å². The zero-order chi connectivity index (χ0) is 12.3. The Bertz CT molecular complexity index is 218. The van der Waals surface area contributed by atoms with Gasteiger partial charge in [0.25, 0.3) is 0 Å². The Labute approximate surface area is 92.3 Å². The minimum Gasteiger partial charge on any atom is -0.453 e. The first-order chi connectivity index (χ1) is 6.58. The topological polar surface area (TPSA) is 47.6 Å². The van der Waals surface area contributed by atoms with Crippen LogP contribution in [0.2, 0.25) is 0 Å². The van der Waals surface area contributed by atoms with Gasteiger partial charge >= 0.3 is 6.09 Å². The summed E-state index contributed by atoms with van der Waals surface area (Å²) in [4.78, 5) is 11.1. The summed E-state index contributed by atoms with van der Waals surface area (Å²) in [6, 6.07) is 0. The number of carbonyl (C=O) groups excluding carboxylic acids is 1. The van der Waals surface area contributed by atoms with Gasteiger partial charge in [-0.2, -0.15) is 0 Å². The minimum atomic E-state index is -0.458. The largest absolute Gasteiger partial charge is 0.453 e. The fraction of sp³-hybridized carbons (Fsp3) is 0.909. The van der Waals surface area contributed by atoms with Gasteiger partial charge in [-0.25, -0.2) is 4.79 Å². The zero-order valence-electron chi connectivity index (χ0n) is 10.8. The highest BCUT2D eigenvalue weighted by Gasteiger charge is 2.31. The van der Waals surface area contributed by atoms with Crippen molar-refractivity contribution in [2.24, 2.45) is 0 Å². The maximum absolute atomic E-state index is 11.1. The number of hydrogen-bond donors (Lipinski definition) is 1. The summed E-state index contributed by atoms with van der Waals surface area (Å²) in [6.07, 6.45) is -0.541. The molecule has 0 spiro atoms. The molecule has 4 nitrogen and oxygen atoms in total. The van der Waals surface area contributed by atoms with Gasteiger partial charge in [-0.15, -0.1) is 0 Å². The number of rotatable bonds is 3. The molecule has 0 aromatic rings. The van der Waals surface area contributed by atoms with Crippen LogP contribution in [0, 0.1) is 0 Å². The summed E-state index contributed by atoms with van der Waals surface area (Å²) < 4.78 is 10.3. The van der Waals surface area contributed by atoms with Crippen molar-refractivity contribution in [1.29, 1.82) is 0 Å². The molecule has 4 heteroatoms. The Hall–Kier alpha value is -0.770. The van der Waals surface area contributed by atoms with Crippen LogP contribution in [0.5, 0.6) is 0 Å². The van der Waals surface area contributed by atoms with Gasteiger partial charge in [0.05, 0.1) is 24.4 Å². The van der Waals surface area contributed by atoms with E-state index in [4.69, 9.17) is 4.74 Å². The Morgan fingerprint density at radius 3 is 2.00 bits per heavy atom. The molecule has 1 unspecified atom stereocenters. The van der Waals surface area contributed by atoms with E-state index in [1.165, 1.54) is 7.11 Å². The van der Waals surface area contributed by atoms with E-state index in [9.17, 15) is 4.79 Å². The summed E-state index contributed by atoms with van der Waals surface area (Å²) in [5.41, 5.74) is -0.686. The van der Waals surface area contributed by atoms with Crippen molar-refractivity contribution in [2.75, 3.05) is 7.11 Å². The van der Waals surface area contributed by atoms with Gasteiger partial charge < -0.3 is 14.8 Å². The van der Waals surface area contributed by atoms with E-state index in [-0.39, 0.29) is 11.7 Å². The molecule has 90 valence electrons. The fourth-order valence-corrected chi connectivity index (χ4v) is 1.09. The van der Waals surface area contributed by atoms with Crippen molar-refractivity contribution < 1.29 is 14.3 Å². The van der Waals surface area contributed by atoms with Crippen molar-refractivity contribution in [3.05, 3.63) is 0 Å². The van der Waals surface area contributed by atoms with E-state index >= 15 is 0 Å². The van der Waals surface area contributed by atoms with Crippen LogP contribution >= 0.6 is 0 Å². The summed E-state index contributed by atoms with van der Waals surface area (Å²) in [7, 11) is 1.35. The van der Waals surface area contributed by atoms with E-state index in [1.807, 2.05) is 41.5 Å². The molecule has 0 aromatic heterocycles. The molecule has 0 aliphatic heterocycles. The lowest BCUT2D eigenvalue weighted by Crippen LogP contribution is -2.53. The van der Waals surface area contributed by atoms with Crippen LogP contribution in [0.15, 0.2) is 0 Å². The molecule has 1 amide bonds. The normalized spacial score (nSPS) is 14.6. The lowest BCUT2D eigenvalue weighted by Gasteiger charge is -2.36. The molecule has 0 rings (SSSR count). The van der Waals surface area contributed by atoms with Crippen molar-refractivity contribution in [2.45, 2.75) is 58.8 Å². The first-order valence-electron chi connectivity index (χ1n) is 5.12. The molecule has 0 saturated heterocycles. The second-order valence-electron chi connectivity index (χ2n) is 5.21. The number of alkyl carbamates (subject to hydrolysis) is 1. The number of amides is 1. The van der Waals surface area contributed by atoms with E-state index in [1.54, 1.807) is 0 Å². The maximum Gasteiger partial charge on any atom is 0.407 e. The average Bonchev–Trinajstić information content (AvgIpc) is 2.00. The fourth-order valence-electron chi connectivity index (χ4n) is 1.09. The summed E-state index contributed by atoms with van der Waals surface area (Å²) in [5, 5.41) is 2.74. The smallest absolute Gasteiger partial charge is 0.407 e. The summed E-state index contributed by atoms with van der Waals surface area (Å²) in [6.45, 7) is 11.7. The SMILES string of the molecule is COC(=O)NC(C)(C)C(C)OC(C)(C)C. The third-order valence-electron chi connectivity index (χ3n) is 2.16. The molecule has 15 heavy (non-hydrogen) atoms. The predicted molar refractivity (Wildman–Crippen MR) is 59.9 cm³/mol. The maximum atomic E-state index is 11.1. The standard InChI is InChI=1S/C11H23NO3/c1-8(15-10(2,3)4)11(5,6)12-9(13)14-7/h8H,1-7H3,(H,12,13).